The molecule has 0 spiro atoms. The molecule has 1 aromatic rings. The van der Waals surface area contributed by atoms with Crippen LogP contribution in [0.5, 0.6) is 0 Å². The maximum Gasteiger partial charge on any atom is 0.146 e. The lowest BCUT2D eigenvalue weighted by molar-refractivity contribution is -0.123. The zero-order valence-corrected chi connectivity index (χ0v) is 8.79. The summed E-state index contributed by atoms with van der Waals surface area (Å²) >= 11 is 0. The minimum absolute atomic E-state index is 0.0233. The van der Waals surface area contributed by atoms with Crippen molar-refractivity contribution in [2.45, 2.75) is 39.7 Å². The van der Waals surface area contributed by atoms with Crippen molar-refractivity contribution in [1.82, 2.24) is 9.55 Å². The second-order valence-electron chi connectivity index (χ2n) is 4.29. The smallest absolute Gasteiger partial charge is 0.146 e. The monoisotopic (exact) mass is 192 g/mol. The minimum Gasteiger partial charge on any atom is -0.335 e. The average Bonchev–Trinajstić information content (AvgIpc) is 2.78. The predicted octanol–water partition coefficient (Wildman–Crippen LogP) is 1.81. The topological polar surface area (TPSA) is 34.9 Å². The van der Waals surface area contributed by atoms with Gasteiger partial charge in [-0.05, 0) is 19.8 Å². The lowest BCUT2D eigenvalue weighted by Crippen LogP contribution is -2.17. The van der Waals surface area contributed by atoms with Gasteiger partial charge in [-0.3, -0.25) is 4.79 Å². The summed E-state index contributed by atoms with van der Waals surface area (Å²) in [5.41, 5.74) is -0.0233. The Morgan fingerprint density at radius 1 is 1.64 bits per heavy atom. The number of hydrogen-bond donors (Lipinski definition) is 0. The van der Waals surface area contributed by atoms with E-state index in [0.29, 0.717) is 12.2 Å². The van der Waals surface area contributed by atoms with Gasteiger partial charge in [0.25, 0.3) is 0 Å². The Morgan fingerprint density at radius 3 is 2.93 bits per heavy atom. The van der Waals surface area contributed by atoms with Gasteiger partial charge in [0.15, 0.2) is 0 Å². The zero-order valence-electron chi connectivity index (χ0n) is 8.79. The van der Waals surface area contributed by atoms with E-state index in [-0.39, 0.29) is 5.41 Å². The molecule has 76 valence electrons. The van der Waals surface area contributed by atoms with E-state index in [0.717, 1.165) is 25.2 Å². The van der Waals surface area contributed by atoms with Gasteiger partial charge < -0.3 is 4.57 Å². The first-order valence-corrected chi connectivity index (χ1v) is 5.19. The Morgan fingerprint density at radius 2 is 2.36 bits per heavy atom. The number of hydrogen-bond acceptors (Lipinski definition) is 2. The molecule has 3 heteroatoms. The second kappa shape index (κ2) is 3.23. The van der Waals surface area contributed by atoms with Crippen molar-refractivity contribution in [1.29, 1.82) is 0 Å². The molecule has 0 bridgehead atoms. The largest absolute Gasteiger partial charge is 0.335 e. The molecule has 0 N–H and O–H groups in total. The molecule has 14 heavy (non-hydrogen) atoms. The first kappa shape index (κ1) is 9.44. The Hall–Kier alpha value is -1.12. The molecule has 0 radical (unpaired) electrons. The van der Waals surface area contributed by atoms with Gasteiger partial charge in [-0.15, -0.1) is 0 Å². The molecule has 1 fully saturated rings. The first-order valence-electron chi connectivity index (χ1n) is 5.19. The maximum absolute atomic E-state index is 11.8. The number of aryl methyl sites for hydroxylation is 1. The molecule has 2 rings (SSSR count). The number of carbonyl (C=O) groups excluding carboxylic acids is 1. The van der Waals surface area contributed by atoms with Crippen LogP contribution in [0.1, 0.15) is 32.5 Å². The van der Waals surface area contributed by atoms with E-state index in [4.69, 9.17) is 0 Å². The molecule has 0 amide bonds. The van der Waals surface area contributed by atoms with E-state index in [9.17, 15) is 4.79 Å². The fourth-order valence-corrected chi connectivity index (χ4v) is 1.62. The maximum atomic E-state index is 11.8. The predicted molar refractivity (Wildman–Crippen MR) is 54.0 cm³/mol. The van der Waals surface area contributed by atoms with Gasteiger partial charge in [-0.1, -0.05) is 6.92 Å². The Bertz CT molecular complexity index is 350. The summed E-state index contributed by atoms with van der Waals surface area (Å²) in [7, 11) is 0. The summed E-state index contributed by atoms with van der Waals surface area (Å²) < 4.78 is 2.03. The second-order valence-corrected chi connectivity index (χ2v) is 4.29. The fraction of sp³-hybridized carbons (Fsp3) is 0.636. The number of nitrogens with zero attached hydrogens (tertiary/aromatic N) is 2. The van der Waals surface area contributed by atoms with Gasteiger partial charge in [0.2, 0.25) is 0 Å². The quantitative estimate of drug-likeness (QED) is 0.729. The van der Waals surface area contributed by atoms with Crippen molar-refractivity contribution in [3.63, 3.8) is 0 Å². The van der Waals surface area contributed by atoms with Crippen LogP contribution in [0.4, 0.5) is 0 Å². The molecule has 0 aromatic carbocycles. The van der Waals surface area contributed by atoms with Crippen molar-refractivity contribution < 1.29 is 4.79 Å². The molecule has 0 atom stereocenters. The Balaban J connectivity index is 2.07. The first-order chi connectivity index (χ1) is 6.65. The van der Waals surface area contributed by atoms with E-state index in [1.807, 2.05) is 10.8 Å². The van der Waals surface area contributed by atoms with Crippen LogP contribution in [0.3, 0.4) is 0 Å². The van der Waals surface area contributed by atoms with E-state index >= 15 is 0 Å². The number of ketones is 1. The molecule has 1 heterocycles. The molecule has 0 unspecified atom stereocenters. The summed E-state index contributed by atoms with van der Waals surface area (Å²) in [5.74, 6) is 1.25. The van der Waals surface area contributed by atoms with Crippen LogP contribution in [0, 0.1) is 5.41 Å². The summed E-state index contributed by atoms with van der Waals surface area (Å²) in [5, 5.41) is 0. The van der Waals surface area contributed by atoms with Crippen molar-refractivity contribution in [3.05, 3.63) is 18.2 Å². The van der Waals surface area contributed by atoms with Crippen LogP contribution < -0.4 is 0 Å². The molecule has 3 nitrogen and oxygen atoms in total. The number of aromatic nitrogens is 2. The van der Waals surface area contributed by atoms with Crippen LogP contribution in [-0.4, -0.2) is 15.3 Å². The molecule has 1 saturated carbocycles. The Kier molecular flexibility index (Phi) is 2.17. The molecular formula is C11H16N2O. The van der Waals surface area contributed by atoms with E-state index in [1.165, 1.54) is 0 Å². The summed E-state index contributed by atoms with van der Waals surface area (Å²) in [6, 6.07) is 0. The fourth-order valence-electron chi connectivity index (χ4n) is 1.62. The number of Topliss-reactive ketones (excluding diaryl/α,β-unsaturated/α-hetero) is 1. The number of imidazole rings is 1. The van der Waals surface area contributed by atoms with Gasteiger partial charge in [0.05, 0.1) is 6.42 Å². The van der Waals surface area contributed by atoms with Crippen LogP contribution in [0.2, 0.25) is 0 Å². The van der Waals surface area contributed by atoms with Crippen LogP contribution in [0.15, 0.2) is 12.4 Å². The lowest BCUT2D eigenvalue weighted by Gasteiger charge is -2.07. The molecule has 0 saturated heterocycles. The lowest BCUT2D eigenvalue weighted by atomic mass is 10.0. The average molecular weight is 192 g/mol. The molecule has 0 aliphatic heterocycles. The van der Waals surface area contributed by atoms with E-state index < -0.39 is 0 Å². The highest BCUT2D eigenvalue weighted by molar-refractivity contribution is 5.88. The summed E-state index contributed by atoms with van der Waals surface area (Å²) in [6.45, 7) is 5.00. The third-order valence-corrected chi connectivity index (χ3v) is 3.13. The zero-order chi connectivity index (χ0) is 10.2. The molecule has 1 aliphatic rings. The van der Waals surface area contributed by atoms with Gasteiger partial charge in [-0.25, -0.2) is 4.98 Å². The number of carbonyl (C=O) groups is 1. The van der Waals surface area contributed by atoms with Crippen molar-refractivity contribution in [2.75, 3.05) is 0 Å². The van der Waals surface area contributed by atoms with E-state index in [2.05, 4.69) is 18.8 Å². The Labute approximate surface area is 84.1 Å². The van der Waals surface area contributed by atoms with Gasteiger partial charge in [0, 0.05) is 24.4 Å². The van der Waals surface area contributed by atoms with Crippen LogP contribution in [0.25, 0.3) is 0 Å². The van der Waals surface area contributed by atoms with Crippen molar-refractivity contribution in [3.8, 4) is 0 Å². The minimum atomic E-state index is -0.0233. The molecule has 1 aliphatic carbocycles. The van der Waals surface area contributed by atoms with Crippen molar-refractivity contribution >= 4 is 5.78 Å². The van der Waals surface area contributed by atoms with Gasteiger partial charge >= 0.3 is 0 Å². The third kappa shape index (κ3) is 1.59. The summed E-state index contributed by atoms with van der Waals surface area (Å²) in [6.07, 6.45) is 6.30. The van der Waals surface area contributed by atoms with Crippen molar-refractivity contribution in [2.24, 2.45) is 5.41 Å². The SMILES string of the molecule is CCn1ccnc1CC(=O)C1(C)CC1. The van der Waals surface area contributed by atoms with Gasteiger partial charge in [-0.2, -0.15) is 0 Å². The standard InChI is InChI=1S/C11H16N2O/c1-3-13-7-6-12-10(13)8-9(14)11(2)4-5-11/h6-7H,3-5,8H2,1-2H3. The van der Waals surface area contributed by atoms with Crippen LogP contribution >= 0.6 is 0 Å². The highest BCUT2D eigenvalue weighted by Crippen LogP contribution is 2.46. The van der Waals surface area contributed by atoms with Crippen LogP contribution in [-0.2, 0) is 17.8 Å². The van der Waals surface area contributed by atoms with Gasteiger partial charge in [0.1, 0.15) is 11.6 Å². The highest BCUT2D eigenvalue weighted by Gasteiger charge is 2.44. The third-order valence-electron chi connectivity index (χ3n) is 3.13. The molecule has 1 aromatic heterocycles. The number of rotatable bonds is 4. The molecular weight excluding hydrogens is 176 g/mol. The van der Waals surface area contributed by atoms with E-state index in [1.54, 1.807) is 6.20 Å². The summed E-state index contributed by atoms with van der Waals surface area (Å²) in [4.78, 5) is 16.0. The normalized spacial score (nSPS) is 18.1. The highest BCUT2D eigenvalue weighted by atomic mass is 16.1.